The molecule has 0 bridgehead atoms. The lowest BCUT2D eigenvalue weighted by Gasteiger charge is -2.23. The summed E-state index contributed by atoms with van der Waals surface area (Å²) in [5.41, 5.74) is 3.80. The number of carbonyl (C=O) groups excluding carboxylic acids is 1. The fourth-order valence-corrected chi connectivity index (χ4v) is 3.77. The largest absolute Gasteiger partial charge is 0.497 e. The van der Waals surface area contributed by atoms with Gasteiger partial charge in [-0.05, 0) is 49.9 Å². The van der Waals surface area contributed by atoms with Gasteiger partial charge in [0.1, 0.15) is 5.75 Å². The summed E-state index contributed by atoms with van der Waals surface area (Å²) in [7, 11) is 1.66. The number of pyridine rings is 1. The maximum atomic E-state index is 12.4. The highest BCUT2D eigenvalue weighted by molar-refractivity contribution is 5.87. The Morgan fingerprint density at radius 1 is 1.32 bits per heavy atom. The van der Waals surface area contributed by atoms with Crippen LogP contribution < -0.4 is 20.2 Å². The molecule has 0 spiro atoms. The predicted molar refractivity (Wildman–Crippen MR) is 106 cm³/mol. The summed E-state index contributed by atoms with van der Waals surface area (Å²) in [6, 6.07) is 7.29. The maximum Gasteiger partial charge on any atom is 0.258 e. The first-order chi connectivity index (χ1) is 13.5. The number of hydrogen-bond donors (Lipinski definition) is 3. The zero-order chi connectivity index (χ0) is 19.7. The lowest BCUT2D eigenvalue weighted by molar-refractivity contribution is -0.124. The van der Waals surface area contributed by atoms with Crippen LogP contribution in [0.5, 0.6) is 11.5 Å². The van der Waals surface area contributed by atoms with Gasteiger partial charge in [0.05, 0.1) is 13.2 Å². The Balaban J connectivity index is 1.48. The molecule has 7 nitrogen and oxygen atoms in total. The van der Waals surface area contributed by atoms with Crippen LogP contribution in [0, 0.1) is 6.92 Å². The van der Waals surface area contributed by atoms with Crippen LogP contribution >= 0.6 is 0 Å². The molecule has 0 saturated heterocycles. The number of ether oxygens (including phenoxy) is 2. The third-order valence-corrected chi connectivity index (χ3v) is 5.13. The predicted octanol–water partition coefficient (Wildman–Crippen LogP) is 2.75. The molecular formula is C21H23N3O4. The molecule has 2 heterocycles. The summed E-state index contributed by atoms with van der Waals surface area (Å²) in [6.07, 6.45) is 4.28. The first-order valence-electron chi connectivity index (χ1n) is 9.35. The molecular weight excluding hydrogens is 358 g/mol. The first-order valence-corrected chi connectivity index (χ1v) is 9.35. The van der Waals surface area contributed by atoms with Crippen LogP contribution in [0.1, 0.15) is 35.8 Å². The molecule has 0 radical (unpaired) electrons. The molecule has 0 saturated carbocycles. The van der Waals surface area contributed by atoms with E-state index in [9.17, 15) is 9.59 Å². The molecule has 3 N–H and O–H groups in total. The van der Waals surface area contributed by atoms with Gasteiger partial charge in [0.2, 0.25) is 5.43 Å². The van der Waals surface area contributed by atoms with E-state index in [0.717, 1.165) is 47.3 Å². The van der Waals surface area contributed by atoms with E-state index in [1.807, 2.05) is 18.2 Å². The number of benzene rings is 1. The van der Waals surface area contributed by atoms with Crippen LogP contribution in [0.25, 0.3) is 10.9 Å². The Labute approximate surface area is 162 Å². The molecule has 1 aromatic carbocycles. The number of aryl methyl sites for hydroxylation is 2. The van der Waals surface area contributed by atoms with Gasteiger partial charge in [-0.3, -0.25) is 9.59 Å². The van der Waals surface area contributed by atoms with Gasteiger partial charge in [-0.15, -0.1) is 0 Å². The normalized spacial score (nSPS) is 15.9. The minimum atomic E-state index is -0.255. The molecule has 1 unspecified atom stereocenters. The number of fused-ring (bicyclic) bond motifs is 3. The fourth-order valence-electron chi connectivity index (χ4n) is 3.77. The van der Waals surface area contributed by atoms with E-state index in [-0.39, 0.29) is 29.7 Å². The SMILES string of the molecule is COc1ccc2[nH]c3c(c2c1)CCCC3NC(=O)COc1c[nH]c(C)cc1=O. The first kappa shape index (κ1) is 18.2. The van der Waals surface area contributed by atoms with Gasteiger partial charge < -0.3 is 24.8 Å². The van der Waals surface area contributed by atoms with E-state index in [2.05, 4.69) is 15.3 Å². The average Bonchev–Trinajstić information content (AvgIpc) is 3.06. The maximum absolute atomic E-state index is 12.4. The third-order valence-electron chi connectivity index (χ3n) is 5.13. The van der Waals surface area contributed by atoms with Gasteiger partial charge in [0.25, 0.3) is 5.91 Å². The number of nitrogens with one attached hydrogen (secondary N) is 3. The van der Waals surface area contributed by atoms with Crippen molar-refractivity contribution in [2.45, 2.75) is 32.2 Å². The van der Waals surface area contributed by atoms with Crippen LogP contribution in [0.4, 0.5) is 0 Å². The molecule has 28 heavy (non-hydrogen) atoms. The van der Waals surface area contributed by atoms with E-state index in [4.69, 9.17) is 9.47 Å². The van der Waals surface area contributed by atoms with Crippen LogP contribution in [0.3, 0.4) is 0 Å². The number of carbonyl (C=O) groups is 1. The summed E-state index contributed by atoms with van der Waals surface area (Å²) >= 11 is 0. The van der Waals surface area contributed by atoms with E-state index in [0.29, 0.717) is 0 Å². The molecule has 1 aliphatic rings. The van der Waals surface area contributed by atoms with Gasteiger partial charge in [-0.2, -0.15) is 0 Å². The van der Waals surface area contributed by atoms with Crippen molar-refractivity contribution in [1.82, 2.24) is 15.3 Å². The molecule has 1 aliphatic carbocycles. The van der Waals surface area contributed by atoms with Crippen molar-refractivity contribution in [3.8, 4) is 11.5 Å². The fraction of sp³-hybridized carbons (Fsp3) is 0.333. The van der Waals surface area contributed by atoms with Gasteiger partial charge in [0.15, 0.2) is 12.4 Å². The molecule has 2 aromatic heterocycles. The molecule has 7 heteroatoms. The number of aromatic nitrogens is 2. The number of rotatable bonds is 5. The van der Waals surface area contributed by atoms with Crippen LogP contribution in [0.2, 0.25) is 0 Å². The summed E-state index contributed by atoms with van der Waals surface area (Å²) in [5.74, 6) is 0.703. The number of aromatic amines is 2. The van der Waals surface area contributed by atoms with Crippen LogP contribution in [-0.2, 0) is 11.2 Å². The Morgan fingerprint density at radius 3 is 2.96 bits per heavy atom. The second-order valence-corrected chi connectivity index (χ2v) is 7.07. The molecule has 146 valence electrons. The molecule has 1 atom stereocenters. The second-order valence-electron chi connectivity index (χ2n) is 7.07. The Bertz CT molecular complexity index is 1080. The van der Waals surface area contributed by atoms with E-state index in [1.54, 1.807) is 14.0 Å². The highest BCUT2D eigenvalue weighted by Gasteiger charge is 2.26. The zero-order valence-electron chi connectivity index (χ0n) is 15.9. The summed E-state index contributed by atoms with van der Waals surface area (Å²) in [4.78, 5) is 30.6. The summed E-state index contributed by atoms with van der Waals surface area (Å²) < 4.78 is 10.7. The lowest BCUT2D eigenvalue weighted by atomic mass is 9.91. The molecule has 0 fully saturated rings. The monoisotopic (exact) mass is 381 g/mol. The van der Waals surface area contributed by atoms with Crippen molar-refractivity contribution in [1.29, 1.82) is 0 Å². The van der Waals surface area contributed by atoms with Crippen molar-refractivity contribution in [2.75, 3.05) is 13.7 Å². The molecule has 3 aromatic rings. The average molecular weight is 381 g/mol. The van der Waals surface area contributed by atoms with E-state index in [1.165, 1.54) is 17.8 Å². The smallest absolute Gasteiger partial charge is 0.258 e. The minimum Gasteiger partial charge on any atom is -0.497 e. The van der Waals surface area contributed by atoms with Gasteiger partial charge in [-0.1, -0.05) is 0 Å². The van der Waals surface area contributed by atoms with Crippen LogP contribution in [-0.4, -0.2) is 29.6 Å². The van der Waals surface area contributed by atoms with Crippen LogP contribution in [0.15, 0.2) is 35.3 Å². The quantitative estimate of drug-likeness (QED) is 0.633. The third kappa shape index (κ3) is 3.47. The van der Waals surface area contributed by atoms with Gasteiger partial charge in [-0.25, -0.2) is 0 Å². The van der Waals surface area contributed by atoms with Crippen molar-refractivity contribution < 1.29 is 14.3 Å². The van der Waals surface area contributed by atoms with Gasteiger partial charge >= 0.3 is 0 Å². The van der Waals surface area contributed by atoms with Crippen molar-refractivity contribution in [3.63, 3.8) is 0 Å². The Morgan fingerprint density at radius 2 is 2.18 bits per heavy atom. The topological polar surface area (TPSA) is 96.2 Å². The molecule has 4 rings (SSSR count). The zero-order valence-corrected chi connectivity index (χ0v) is 15.9. The Kier molecular flexibility index (Phi) is 4.81. The van der Waals surface area contributed by atoms with E-state index < -0.39 is 0 Å². The summed E-state index contributed by atoms with van der Waals surface area (Å²) in [6.45, 7) is 1.58. The van der Waals surface area contributed by atoms with E-state index >= 15 is 0 Å². The van der Waals surface area contributed by atoms with Crippen molar-refractivity contribution >= 4 is 16.8 Å². The highest BCUT2D eigenvalue weighted by Crippen LogP contribution is 2.36. The highest BCUT2D eigenvalue weighted by atomic mass is 16.5. The van der Waals surface area contributed by atoms with Gasteiger partial charge in [0, 0.05) is 34.6 Å². The minimum absolute atomic E-state index is 0.102. The molecule has 0 aliphatic heterocycles. The summed E-state index contributed by atoms with van der Waals surface area (Å²) in [5, 5.41) is 4.16. The standard InChI is InChI=1S/C21H23N3O4/c1-12-8-18(25)19(10-22-12)28-11-20(26)23-17-5-3-4-14-15-9-13(27-2)6-7-16(15)24-21(14)17/h6-10,17,24H,3-5,11H2,1-2H3,(H,22,25)(H,23,26). The Hall–Kier alpha value is -3.22. The second kappa shape index (κ2) is 7.42. The van der Waals surface area contributed by atoms with Crippen molar-refractivity contribution in [2.24, 2.45) is 0 Å². The number of hydrogen-bond acceptors (Lipinski definition) is 4. The molecule has 1 amide bonds. The number of H-pyrrole nitrogens is 2. The number of amides is 1. The van der Waals surface area contributed by atoms with Crippen molar-refractivity contribution in [3.05, 3.63) is 57.6 Å². The lowest BCUT2D eigenvalue weighted by Crippen LogP contribution is -2.34. The number of methoxy groups -OCH3 is 1.